The third-order valence-corrected chi connectivity index (χ3v) is 4.37. The van der Waals surface area contributed by atoms with E-state index in [-0.39, 0.29) is 19.4 Å². The molecule has 1 unspecified atom stereocenters. The van der Waals surface area contributed by atoms with Crippen LogP contribution >= 0.6 is 0 Å². The first kappa shape index (κ1) is 23.4. The first-order chi connectivity index (χ1) is 14.8. The molecular formula is C22H24N2O7. The van der Waals surface area contributed by atoms with Gasteiger partial charge in [-0.25, -0.2) is 9.59 Å². The van der Waals surface area contributed by atoms with Gasteiger partial charge in [0, 0.05) is 12.8 Å². The van der Waals surface area contributed by atoms with Gasteiger partial charge in [-0.1, -0.05) is 60.7 Å². The van der Waals surface area contributed by atoms with Crippen LogP contribution in [0.1, 0.15) is 24.0 Å². The molecule has 0 aliphatic rings. The van der Waals surface area contributed by atoms with Gasteiger partial charge < -0.3 is 25.6 Å². The summed E-state index contributed by atoms with van der Waals surface area (Å²) in [4.78, 5) is 47.3. The molecule has 9 heteroatoms. The van der Waals surface area contributed by atoms with E-state index in [1.165, 1.54) is 0 Å². The summed E-state index contributed by atoms with van der Waals surface area (Å²) >= 11 is 0. The lowest BCUT2D eigenvalue weighted by Crippen LogP contribution is -2.52. The van der Waals surface area contributed by atoms with Gasteiger partial charge in [-0.3, -0.25) is 9.59 Å². The van der Waals surface area contributed by atoms with Crippen molar-refractivity contribution in [1.82, 2.24) is 10.6 Å². The largest absolute Gasteiger partial charge is 0.481 e. The van der Waals surface area contributed by atoms with Gasteiger partial charge in [0.2, 0.25) is 5.91 Å². The van der Waals surface area contributed by atoms with E-state index in [1.807, 2.05) is 6.07 Å². The predicted octanol–water partition coefficient (Wildman–Crippen LogP) is 1.96. The number of aliphatic carboxylic acids is 2. The van der Waals surface area contributed by atoms with Crippen LogP contribution < -0.4 is 10.6 Å². The summed E-state index contributed by atoms with van der Waals surface area (Å²) < 4.78 is 5.07. The Balaban J connectivity index is 2.00. The number of carboxylic acid groups (broad SMARTS) is 2. The van der Waals surface area contributed by atoms with Crippen molar-refractivity contribution < 1.29 is 34.1 Å². The molecule has 0 bridgehead atoms. The minimum Gasteiger partial charge on any atom is -0.481 e. The molecule has 0 aliphatic carbocycles. The monoisotopic (exact) mass is 428 g/mol. The van der Waals surface area contributed by atoms with E-state index in [0.717, 1.165) is 5.56 Å². The summed E-state index contributed by atoms with van der Waals surface area (Å²) in [6.07, 6.45) is -1.50. The Bertz CT molecular complexity index is 887. The summed E-state index contributed by atoms with van der Waals surface area (Å²) in [6.45, 7) is -0.0360. The number of alkyl carbamates (subject to hydrolysis) is 1. The lowest BCUT2D eigenvalue weighted by Gasteiger charge is -2.21. The Kier molecular flexibility index (Phi) is 9.03. The molecule has 9 nitrogen and oxygen atoms in total. The number of rotatable bonds is 11. The zero-order valence-electron chi connectivity index (χ0n) is 16.7. The van der Waals surface area contributed by atoms with Crippen LogP contribution in [0.5, 0.6) is 0 Å². The van der Waals surface area contributed by atoms with Crippen LogP contribution in [0.2, 0.25) is 0 Å². The van der Waals surface area contributed by atoms with Crippen molar-refractivity contribution in [2.24, 2.45) is 0 Å². The molecule has 4 N–H and O–H groups in total. The predicted molar refractivity (Wildman–Crippen MR) is 110 cm³/mol. The Morgan fingerprint density at radius 2 is 1.39 bits per heavy atom. The van der Waals surface area contributed by atoms with Crippen molar-refractivity contribution in [3.63, 3.8) is 0 Å². The molecule has 0 heterocycles. The maximum atomic E-state index is 12.6. The third-order valence-electron chi connectivity index (χ3n) is 4.37. The van der Waals surface area contributed by atoms with E-state index < -0.39 is 42.4 Å². The summed E-state index contributed by atoms with van der Waals surface area (Å²) in [7, 11) is 0. The number of hydrogen-bond donors (Lipinski definition) is 4. The van der Waals surface area contributed by atoms with Crippen molar-refractivity contribution in [3.05, 3.63) is 71.8 Å². The second-order valence-electron chi connectivity index (χ2n) is 6.78. The Labute approximate surface area is 179 Å². The number of benzene rings is 2. The number of hydrogen-bond acceptors (Lipinski definition) is 5. The molecule has 0 aromatic heterocycles. The van der Waals surface area contributed by atoms with Gasteiger partial charge in [-0.05, 0) is 17.5 Å². The smallest absolute Gasteiger partial charge is 0.408 e. The molecule has 0 spiro atoms. The van der Waals surface area contributed by atoms with Gasteiger partial charge in [0.15, 0.2) is 0 Å². The number of nitrogens with one attached hydrogen (secondary N) is 2. The maximum Gasteiger partial charge on any atom is 0.408 e. The minimum atomic E-state index is -1.27. The molecule has 2 atom stereocenters. The Morgan fingerprint density at radius 3 is 1.94 bits per heavy atom. The van der Waals surface area contributed by atoms with Crippen molar-refractivity contribution in [2.75, 3.05) is 0 Å². The molecule has 31 heavy (non-hydrogen) atoms. The first-order valence-electron chi connectivity index (χ1n) is 9.61. The fraction of sp³-hybridized carbons (Fsp3) is 0.273. The highest BCUT2D eigenvalue weighted by molar-refractivity contribution is 5.89. The van der Waals surface area contributed by atoms with Crippen LogP contribution in [0, 0.1) is 0 Å². The highest BCUT2D eigenvalue weighted by Crippen LogP contribution is 2.06. The molecule has 0 saturated carbocycles. The fourth-order valence-electron chi connectivity index (χ4n) is 2.77. The highest BCUT2D eigenvalue weighted by atomic mass is 16.5. The molecule has 0 fully saturated rings. The minimum absolute atomic E-state index is 0.0337. The third kappa shape index (κ3) is 8.57. The second kappa shape index (κ2) is 12.0. The number of carboxylic acids is 2. The van der Waals surface area contributed by atoms with E-state index >= 15 is 0 Å². The topological polar surface area (TPSA) is 142 Å². The Morgan fingerprint density at radius 1 is 0.806 bits per heavy atom. The van der Waals surface area contributed by atoms with Crippen LogP contribution in [-0.4, -0.2) is 46.2 Å². The summed E-state index contributed by atoms with van der Waals surface area (Å²) in [6, 6.07) is 15.1. The SMILES string of the molecule is O=C(O)CC[C@H](NC(=O)OCc1ccccc1)C(=O)NC(Cc1ccccc1)C(=O)O. The van der Waals surface area contributed by atoms with E-state index in [2.05, 4.69) is 10.6 Å². The maximum absolute atomic E-state index is 12.6. The van der Waals surface area contributed by atoms with E-state index in [1.54, 1.807) is 54.6 Å². The average Bonchev–Trinajstić information content (AvgIpc) is 2.75. The molecule has 164 valence electrons. The van der Waals surface area contributed by atoms with Crippen molar-refractivity contribution in [3.8, 4) is 0 Å². The van der Waals surface area contributed by atoms with Crippen LogP contribution in [0.3, 0.4) is 0 Å². The molecule has 2 aromatic rings. The van der Waals surface area contributed by atoms with Gasteiger partial charge >= 0.3 is 18.0 Å². The Hall–Kier alpha value is -3.88. The molecule has 2 aromatic carbocycles. The van der Waals surface area contributed by atoms with Gasteiger partial charge in [0.25, 0.3) is 0 Å². The lowest BCUT2D eigenvalue weighted by atomic mass is 10.0. The van der Waals surface area contributed by atoms with E-state index in [4.69, 9.17) is 9.84 Å². The van der Waals surface area contributed by atoms with Crippen LogP contribution in [0.25, 0.3) is 0 Å². The molecule has 2 rings (SSSR count). The average molecular weight is 428 g/mol. The number of ether oxygens (including phenoxy) is 1. The number of carbonyl (C=O) groups excluding carboxylic acids is 2. The van der Waals surface area contributed by atoms with Gasteiger partial charge in [0.1, 0.15) is 18.7 Å². The molecule has 0 aliphatic heterocycles. The summed E-state index contributed by atoms with van der Waals surface area (Å²) in [5.41, 5.74) is 1.44. The van der Waals surface area contributed by atoms with E-state index in [0.29, 0.717) is 5.56 Å². The quantitative estimate of drug-likeness (QED) is 0.428. The molecule has 0 radical (unpaired) electrons. The van der Waals surface area contributed by atoms with Crippen molar-refractivity contribution in [2.45, 2.75) is 38.0 Å². The van der Waals surface area contributed by atoms with Gasteiger partial charge in [0.05, 0.1) is 0 Å². The van der Waals surface area contributed by atoms with Crippen LogP contribution in [0.4, 0.5) is 4.79 Å². The molecule has 2 amide bonds. The van der Waals surface area contributed by atoms with Crippen LogP contribution in [0.15, 0.2) is 60.7 Å². The lowest BCUT2D eigenvalue weighted by molar-refractivity contribution is -0.142. The van der Waals surface area contributed by atoms with Crippen molar-refractivity contribution in [1.29, 1.82) is 0 Å². The summed E-state index contributed by atoms with van der Waals surface area (Å²) in [5.74, 6) is -3.21. The summed E-state index contributed by atoms with van der Waals surface area (Å²) in [5, 5.41) is 23.1. The van der Waals surface area contributed by atoms with Gasteiger partial charge in [-0.15, -0.1) is 0 Å². The fourth-order valence-corrected chi connectivity index (χ4v) is 2.77. The highest BCUT2D eigenvalue weighted by Gasteiger charge is 2.27. The van der Waals surface area contributed by atoms with E-state index in [9.17, 15) is 24.3 Å². The van der Waals surface area contributed by atoms with Crippen molar-refractivity contribution >= 4 is 23.9 Å². The molecule has 0 saturated heterocycles. The molecular weight excluding hydrogens is 404 g/mol. The second-order valence-corrected chi connectivity index (χ2v) is 6.78. The zero-order valence-corrected chi connectivity index (χ0v) is 16.7. The normalized spacial score (nSPS) is 12.3. The van der Waals surface area contributed by atoms with Crippen LogP contribution in [-0.2, 0) is 32.1 Å². The first-order valence-corrected chi connectivity index (χ1v) is 9.61. The number of amides is 2. The standard InChI is InChI=1S/C22H24N2O7/c25-19(26)12-11-17(24-22(30)31-14-16-9-5-2-6-10-16)20(27)23-18(21(28)29)13-15-7-3-1-4-8-15/h1-10,17-18H,11-14H2,(H,23,27)(H,24,30)(H,25,26)(H,28,29)/t17-,18?/m0/s1. The van der Waals surface area contributed by atoms with Gasteiger partial charge in [-0.2, -0.15) is 0 Å². The zero-order chi connectivity index (χ0) is 22.6. The number of carbonyl (C=O) groups is 4.